The van der Waals surface area contributed by atoms with Crippen molar-refractivity contribution in [3.63, 3.8) is 0 Å². The van der Waals surface area contributed by atoms with Crippen LogP contribution in [-0.4, -0.2) is 25.2 Å². The van der Waals surface area contributed by atoms with Crippen molar-refractivity contribution in [3.05, 3.63) is 65.4 Å². The number of rotatable bonds is 3. The van der Waals surface area contributed by atoms with E-state index in [1.165, 1.54) is 38.6 Å². The zero-order valence-electron chi connectivity index (χ0n) is 17.0. The van der Waals surface area contributed by atoms with Gasteiger partial charge >= 0.3 is 12.1 Å². The van der Waals surface area contributed by atoms with E-state index >= 15 is 0 Å². The number of aromatic nitrogens is 1. The first-order valence-electron chi connectivity index (χ1n) is 9.67. The molecule has 1 aliphatic rings. The number of esters is 1. The number of hydrogen-bond donors (Lipinski definition) is 0. The molecule has 0 radical (unpaired) electrons. The predicted molar refractivity (Wildman–Crippen MR) is 112 cm³/mol. The zero-order valence-corrected chi connectivity index (χ0v) is 17.0. The molecular formula is C24H16F3NO4. The number of carbonyl (C=O) groups is 1. The minimum atomic E-state index is -4.55. The van der Waals surface area contributed by atoms with Crippen molar-refractivity contribution >= 4 is 27.6 Å². The summed E-state index contributed by atoms with van der Waals surface area (Å²) in [5.41, 5.74) is 1.18. The van der Waals surface area contributed by atoms with Gasteiger partial charge in [-0.05, 0) is 41.1 Å². The highest BCUT2D eigenvalue weighted by molar-refractivity contribution is 6.14. The molecule has 0 saturated carbocycles. The lowest BCUT2D eigenvalue weighted by atomic mass is 9.88. The van der Waals surface area contributed by atoms with Crippen molar-refractivity contribution in [2.45, 2.75) is 12.8 Å². The van der Waals surface area contributed by atoms with Crippen molar-refractivity contribution in [2.24, 2.45) is 0 Å². The maximum Gasteiger partial charge on any atom is 0.417 e. The van der Waals surface area contributed by atoms with Gasteiger partial charge in [-0.25, -0.2) is 4.79 Å². The van der Waals surface area contributed by atoms with Gasteiger partial charge in [0.1, 0.15) is 6.61 Å². The lowest BCUT2D eigenvalue weighted by molar-refractivity contribution is -0.136. The number of halogens is 3. The van der Waals surface area contributed by atoms with Gasteiger partial charge in [-0.2, -0.15) is 13.2 Å². The first kappa shape index (κ1) is 20.1. The van der Waals surface area contributed by atoms with Gasteiger partial charge in [0.05, 0.1) is 30.9 Å². The molecule has 0 atom stereocenters. The van der Waals surface area contributed by atoms with E-state index in [1.54, 1.807) is 12.1 Å². The van der Waals surface area contributed by atoms with Gasteiger partial charge in [0.15, 0.2) is 11.5 Å². The zero-order chi connectivity index (χ0) is 22.6. The fraction of sp³-hybridized carbons (Fsp3) is 0.167. The number of carbonyl (C=O) groups excluding carboxylic acids is 1. The third-order valence-electron chi connectivity index (χ3n) is 5.63. The van der Waals surface area contributed by atoms with Crippen LogP contribution >= 0.6 is 0 Å². The van der Waals surface area contributed by atoms with Crippen LogP contribution in [0.2, 0.25) is 0 Å². The molecule has 0 spiro atoms. The fourth-order valence-corrected chi connectivity index (χ4v) is 4.25. The Morgan fingerprint density at radius 2 is 1.72 bits per heavy atom. The van der Waals surface area contributed by atoms with Crippen LogP contribution in [0.5, 0.6) is 11.5 Å². The second kappa shape index (κ2) is 7.12. The van der Waals surface area contributed by atoms with E-state index in [0.29, 0.717) is 39.1 Å². The molecule has 3 aromatic carbocycles. The summed E-state index contributed by atoms with van der Waals surface area (Å²) in [6.45, 7) is 0.0808. The number of alkyl halides is 3. The summed E-state index contributed by atoms with van der Waals surface area (Å²) in [4.78, 5) is 16.9. The van der Waals surface area contributed by atoms with E-state index in [9.17, 15) is 18.0 Å². The van der Waals surface area contributed by atoms with E-state index in [0.717, 1.165) is 11.5 Å². The Morgan fingerprint density at radius 3 is 2.44 bits per heavy atom. The Balaban J connectivity index is 1.94. The quantitative estimate of drug-likeness (QED) is 0.380. The monoisotopic (exact) mass is 439 g/mol. The Hall–Kier alpha value is -3.81. The normalized spacial score (nSPS) is 13.3. The predicted octanol–water partition coefficient (Wildman–Crippen LogP) is 5.76. The summed E-state index contributed by atoms with van der Waals surface area (Å²) < 4.78 is 57.0. The van der Waals surface area contributed by atoms with Crippen molar-refractivity contribution in [3.8, 4) is 22.6 Å². The minimum absolute atomic E-state index is 0.0462. The van der Waals surface area contributed by atoms with Crippen molar-refractivity contribution in [2.75, 3.05) is 14.2 Å². The molecule has 0 amide bonds. The highest BCUT2D eigenvalue weighted by Gasteiger charge is 2.34. The second-order valence-corrected chi connectivity index (χ2v) is 7.35. The third-order valence-corrected chi connectivity index (χ3v) is 5.63. The van der Waals surface area contributed by atoms with Crippen LogP contribution in [0.3, 0.4) is 0 Å². The lowest BCUT2D eigenvalue weighted by Gasteiger charge is -2.17. The maximum atomic E-state index is 13.6. The molecule has 32 heavy (non-hydrogen) atoms. The summed E-state index contributed by atoms with van der Waals surface area (Å²) in [7, 11) is 3.00. The molecule has 4 aromatic rings. The van der Waals surface area contributed by atoms with Gasteiger partial charge in [-0.1, -0.05) is 12.1 Å². The summed E-state index contributed by atoms with van der Waals surface area (Å²) in [5.74, 6) is 0.388. The molecule has 1 aliphatic heterocycles. The molecule has 0 unspecified atom stereocenters. The van der Waals surface area contributed by atoms with Gasteiger partial charge in [0.2, 0.25) is 0 Å². The number of hydrogen-bond acceptors (Lipinski definition) is 5. The van der Waals surface area contributed by atoms with Gasteiger partial charge in [-0.3, -0.25) is 4.98 Å². The smallest absolute Gasteiger partial charge is 0.417 e. The van der Waals surface area contributed by atoms with E-state index < -0.39 is 17.7 Å². The van der Waals surface area contributed by atoms with Crippen LogP contribution in [-0.2, 0) is 17.5 Å². The molecule has 5 nitrogen and oxygen atoms in total. The van der Waals surface area contributed by atoms with Gasteiger partial charge < -0.3 is 14.2 Å². The number of benzene rings is 3. The Bertz CT molecular complexity index is 1410. The molecule has 0 saturated heterocycles. The van der Waals surface area contributed by atoms with E-state index in [-0.39, 0.29) is 17.5 Å². The Morgan fingerprint density at radius 1 is 0.969 bits per heavy atom. The first-order chi connectivity index (χ1) is 15.3. The standard InChI is InChI=1S/C24H16F3NO4/c1-30-18-9-12-8-13-11-32-23(29)20(13)21(16(12)10-19(18)31-2)15-5-6-17(24(25,26)27)14-4-3-7-28-22(14)15/h3-10H,11H2,1-2H3. The average Bonchev–Trinajstić information content (AvgIpc) is 3.15. The van der Waals surface area contributed by atoms with Gasteiger partial charge in [-0.15, -0.1) is 0 Å². The summed E-state index contributed by atoms with van der Waals surface area (Å²) in [5, 5.41) is 1.31. The molecule has 0 aliphatic carbocycles. The number of nitrogens with zero attached hydrogens (tertiary/aromatic N) is 1. The molecule has 5 rings (SSSR count). The van der Waals surface area contributed by atoms with E-state index in [2.05, 4.69) is 4.98 Å². The molecular weight excluding hydrogens is 423 g/mol. The highest BCUT2D eigenvalue weighted by atomic mass is 19.4. The van der Waals surface area contributed by atoms with Gasteiger partial charge in [0, 0.05) is 28.3 Å². The SMILES string of the molecule is COc1cc2cc3c(c(-c4ccc(C(F)(F)F)c5cccnc45)c2cc1OC)C(=O)OC3. The van der Waals surface area contributed by atoms with E-state index in [4.69, 9.17) is 14.2 Å². The van der Waals surface area contributed by atoms with Crippen molar-refractivity contribution in [1.82, 2.24) is 4.98 Å². The number of cyclic esters (lactones) is 1. The summed E-state index contributed by atoms with van der Waals surface area (Å²) in [6.07, 6.45) is -3.12. The van der Waals surface area contributed by atoms with Crippen LogP contribution in [0.1, 0.15) is 21.5 Å². The number of pyridine rings is 1. The Labute approximate surface area is 180 Å². The second-order valence-electron chi connectivity index (χ2n) is 7.35. The molecule has 0 fully saturated rings. The van der Waals surface area contributed by atoms with Crippen LogP contribution in [0.4, 0.5) is 13.2 Å². The largest absolute Gasteiger partial charge is 0.493 e. The van der Waals surface area contributed by atoms with Crippen molar-refractivity contribution in [1.29, 1.82) is 0 Å². The maximum absolute atomic E-state index is 13.6. The fourth-order valence-electron chi connectivity index (χ4n) is 4.25. The van der Waals surface area contributed by atoms with Crippen LogP contribution in [0.25, 0.3) is 32.8 Å². The topological polar surface area (TPSA) is 57.7 Å². The number of fused-ring (bicyclic) bond motifs is 3. The van der Waals surface area contributed by atoms with E-state index in [1.807, 2.05) is 6.07 Å². The van der Waals surface area contributed by atoms with Gasteiger partial charge in [0.25, 0.3) is 0 Å². The van der Waals surface area contributed by atoms with Crippen molar-refractivity contribution < 1.29 is 32.2 Å². The highest BCUT2D eigenvalue weighted by Crippen LogP contribution is 2.45. The molecule has 0 N–H and O–H groups in total. The summed E-state index contributed by atoms with van der Waals surface area (Å²) in [6, 6.07) is 10.5. The number of methoxy groups -OCH3 is 2. The third kappa shape index (κ3) is 2.94. The molecule has 2 heterocycles. The summed E-state index contributed by atoms with van der Waals surface area (Å²) >= 11 is 0. The van der Waals surface area contributed by atoms with Crippen LogP contribution in [0.15, 0.2) is 48.7 Å². The lowest BCUT2D eigenvalue weighted by Crippen LogP contribution is -2.07. The molecule has 0 bridgehead atoms. The number of ether oxygens (including phenoxy) is 3. The molecule has 1 aromatic heterocycles. The van der Waals surface area contributed by atoms with Crippen LogP contribution < -0.4 is 9.47 Å². The minimum Gasteiger partial charge on any atom is -0.493 e. The molecule has 162 valence electrons. The van der Waals surface area contributed by atoms with Crippen LogP contribution in [0, 0.1) is 0 Å². The average molecular weight is 439 g/mol. The first-order valence-corrected chi connectivity index (χ1v) is 9.67. The molecule has 8 heteroatoms. The Kier molecular flexibility index (Phi) is 4.47.